The fraction of sp³-hybridized carbons (Fsp3) is 0.520. The summed E-state index contributed by atoms with van der Waals surface area (Å²) < 4.78 is 11.4. The Morgan fingerprint density at radius 1 is 1.06 bits per heavy atom. The van der Waals surface area contributed by atoms with Crippen molar-refractivity contribution in [3.8, 4) is 11.5 Å². The molecule has 170 valence electrons. The van der Waals surface area contributed by atoms with Crippen LogP contribution in [0.1, 0.15) is 16.7 Å². The number of hydrogen-bond acceptors (Lipinski definition) is 6. The number of nitrogens with one attached hydrogen (secondary N) is 1. The van der Waals surface area contributed by atoms with E-state index in [1.807, 2.05) is 18.2 Å². The van der Waals surface area contributed by atoms with Crippen LogP contribution >= 0.6 is 0 Å². The number of nitrogens with zero attached hydrogens (tertiary/aromatic N) is 2. The zero-order valence-corrected chi connectivity index (χ0v) is 19.1. The van der Waals surface area contributed by atoms with Crippen LogP contribution in [0.25, 0.3) is 0 Å². The van der Waals surface area contributed by atoms with E-state index in [4.69, 9.17) is 9.47 Å². The highest BCUT2D eigenvalue weighted by Gasteiger charge is 2.18. The van der Waals surface area contributed by atoms with Gasteiger partial charge in [0.2, 0.25) is 0 Å². The van der Waals surface area contributed by atoms with E-state index in [-0.39, 0.29) is 6.61 Å². The summed E-state index contributed by atoms with van der Waals surface area (Å²) in [5.41, 5.74) is 3.84. The van der Waals surface area contributed by atoms with Crippen LogP contribution in [0, 0.1) is 6.92 Å². The zero-order chi connectivity index (χ0) is 22.1. The number of β-amino-alcohol motifs (C(OH)–C–C–N with tert-alkyl or cyclic N) is 1. The maximum atomic E-state index is 10.4. The van der Waals surface area contributed by atoms with Gasteiger partial charge in [-0.05, 0) is 55.8 Å². The van der Waals surface area contributed by atoms with E-state index in [1.165, 1.54) is 11.1 Å². The number of benzene rings is 2. The van der Waals surface area contributed by atoms with Crippen LogP contribution < -0.4 is 14.8 Å². The molecular weight excluding hydrogens is 390 g/mol. The van der Waals surface area contributed by atoms with Crippen molar-refractivity contribution < 1.29 is 14.6 Å². The Balaban J connectivity index is 1.46. The minimum Gasteiger partial charge on any atom is -0.493 e. The molecule has 1 heterocycles. The average molecular weight is 428 g/mol. The smallest absolute Gasteiger partial charge is 0.161 e. The van der Waals surface area contributed by atoms with E-state index in [0.29, 0.717) is 18.0 Å². The summed E-state index contributed by atoms with van der Waals surface area (Å²) in [5.74, 6) is 1.37. The monoisotopic (exact) mass is 427 g/mol. The normalized spacial score (nSPS) is 16.3. The largest absolute Gasteiger partial charge is 0.493 e. The summed E-state index contributed by atoms with van der Waals surface area (Å²) in [7, 11) is 3.77. The third-order valence-electron chi connectivity index (χ3n) is 5.89. The van der Waals surface area contributed by atoms with E-state index in [1.54, 1.807) is 7.11 Å². The number of ether oxygens (including phenoxy) is 2. The number of aliphatic hydroxyl groups excluding tert-OH is 1. The molecule has 31 heavy (non-hydrogen) atoms. The maximum absolute atomic E-state index is 10.4. The predicted molar refractivity (Wildman–Crippen MR) is 125 cm³/mol. The quantitative estimate of drug-likeness (QED) is 0.537. The molecule has 6 nitrogen and oxygen atoms in total. The van der Waals surface area contributed by atoms with Crippen molar-refractivity contribution in [1.82, 2.24) is 15.1 Å². The minimum atomic E-state index is -0.524. The lowest BCUT2D eigenvalue weighted by Crippen LogP contribution is -2.47. The average Bonchev–Trinajstić information content (AvgIpc) is 2.78. The van der Waals surface area contributed by atoms with Crippen LogP contribution in [0.3, 0.4) is 0 Å². The van der Waals surface area contributed by atoms with Gasteiger partial charge < -0.3 is 24.8 Å². The number of aliphatic hydroxyl groups is 1. The molecule has 1 saturated heterocycles. The molecule has 2 aromatic carbocycles. The molecule has 0 aliphatic carbocycles. The van der Waals surface area contributed by atoms with Crippen molar-refractivity contribution in [2.24, 2.45) is 0 Å². The standard InChI is InChI=1S/C25H37N3O3/c1-20-6-4-5-7-22(20)10-11-26-17-21-8-9-24(30-3)25(16-21)31-19-23(29)18-28-14-12-27(2)13-15-28/h4-9,16,23,26,29H,10-15,17-19H2,1-3H3. The van der Waals surface area contributed by atoms with Gasteiger partial charge in [-0.2, -0.15) is 0 Å². The molecule has 0 aromatic heterocycles. The molecule has 2 N–H and O–H groups in total. The first-order valence-corrected chi connectivity index (χ1v) is 11.2. The summed E-state index contributed by atoms with van der Waals surface area (Å²) in [6, 6.07) is 14.5. The van der Waals surface area contributed by atoms with Gasteiger partial charge in [-0.1, -0.05) is 30.3 Å². The zero-order valence-electron chi connectivity index (χ0n) is 19.1. The molecule has 0 saturated carbocycles. The van der Waals surface area contributed by atoms with Crippen molar-refractivity contribution in [1.29, 1.82) is 0 Å². The molecule has 6 heteroatoms. The van der Waals surface area contributed by atoms with Gasteiger partial charge in [-0.15, -0.1) is 0 Å². The number of rotatable bonds is 11. The van der Waals surface area contributed by atoms with E-state index in [9.17, 15) is 5.11 Å². The molecule has 3 rings (SSSR count). The Labute approximate surface area is 186 Å². The number of piperazine rings is 1. The van der Waals surface area contributed by atoms with E-state index < -0.39 is 6.10 Å². The van der Waals surface area contributed by atoms with Crippen LogP contribution in [-0.4, -0.2) is 81.0 Å². The molecule has 0 radical (unpaired) electrons. The van der Waals surface area contributed by atoms with Gasteiger partial charge in [0, 0.05) is 39.3 Å². The molecule has 0 spiro atoms. The third kappa shape index (κ3) is 7.51. The summed E-state index contributed by atoms with van der Waals surface area (Å²) in [5, 5.41) is 13.9. The van der Waals surface area contributed by atoms with Crippen LogP contribution in [-0.2, 0) is 13.0 Å². The van der Waals surface area contributed by atoms with Crippen LogP contribution in [0.5, 0.6) is 11.5 Å². The Morgan fingerprint density at radius 2 is 1.84 bits per heavy atom. The van der Waals surface area contributed by atoms with Gasteiger partial charge in [0.15, 0.2) is 11.5 Å². The molecule has 0 amide bonds. The Kier molecular flexibility index (Phi) is 9.15. The van der Waals surface area contributed by atoms with Gasteiger partial charge >= 0.3 is 0 Å². The highest BCUT2D eigenvalue weighted by Crippen LogP contribution is 2.28. The molecule has 1 atom stereocenters. The predicted octanol–water partition coefficient (Wildman–Crippen LogP) is 2.32. The van der Waals surface area contributed by atoms with Crippen molar-refractivity contribution in [3.63, 3.8) is 0 Å². The lowest BCUT2D eigenvalue weighted by atomic mass is 10.1. The van der Waals surface area contributed by atoms with Gasteiger partial charge in [0.1, 0.15) is 12.7 Å². The summed E-state index contributed by atoms with van der Waals surface area (Å²) in [4.78, 5) is 4.60. The fourth-order valence-electron chi connectivity index (χ4n) is 3.86. The third-order valence-corrected chi connectivity index (χ3v) is 5.89. The van der Waals surface area contributed by atoms with Gasteiger partial charge in [-0.25, -0.2) is 0 Å². The first-order valence-electron chi connectivity index (χ1n) is 11.2. The van der Waals surface area contributed by atoms with Crippen molar-refractivity contribution in [2.45, 2.75) is 26.0 Å². The van der Waals surface area contributed by atoms with E-state index >= 15 is 0 Å². The highest BCUT2D eigenvalue weighted by atomic mass is 16.5. The van der Waals surface area contributed by atoms with Crippen LogP contribution in [0.2, 0.25) is 0 Å². The van der Waals surface area contributed by atoms with E-state index in [2.05, 4.69) is 53.4 Å². The Hall–Kier alpha value is -2.12. The van der Waals surface area contributed by atoms with E-state index in [0.717, 1.165) is 51.3 Å². The van der Waals surface area contributed by atoms with Gasteiger partial charge in [0.05, 0.1) is 7.11 Å². The molecule has 1 unspecified atom stereocenters. The molecular formula is C25H37N3O3. The lowest BCUT2D eigenvalue weighted by molar-refractivity contribution is 0.0498. The van der Waals surface area contributed by atoms with Gasteiger partial charge in [-0.3, -0.25) is 4.90 Å². The van der Waals surface area contributed by atoms with Crippen molar-refractivity contribution in [3.05, 3.63) is 59.2 Å². The second-order valence-electron chi connectivity index (χ2n) is 8.41. The molecule has 0 bridgehead atoms. The highest BCUT2D eigenvalue weighted by molar-refractivity contribution is 5.43. The van der Waals surface area contributed by atoms with Crippen molar-refractivity contribution in [2.75, 3.05) is 60.0 Å². The van der Waals surface area contributed by atoms with Crippen LogP contribution in [0.4, 0.5) is 0 Å². The number of hydrogen-bond donors (Lipinski definition) is 2. The van der Waals surface area contributed by atoms with Gasteiger partial charge in [0.25, 0.3) is 0 Å². The summed E-state index contributed by atoms with van der Waals surface area (Å²) in [6.07, 6.45) is 0.481. The second kappa shape index (κ2) is 12.1. The summed E-state index contributed by atoms with van der Waals surface area (Å²) >= 11 is 0. The SMILES string of the molecule is COc1ccc(CNCCc2ccccc2C)cc1OCC(O)CN1CCN(C)CC1. The Bertz CT molecular complexity index is 806. The first-order chi connectivity index (χ1) is 15.0. The number of likely N-dealkylation sites (N-methyl/N-ethyl adjacent to an activating group) is 1. The first kappa shape index (κ1) is 23.5. The molecule has 2 aromatic rings. The second-order valence-corrected chi connectivity index (χ2v) is 8.41. The minimum absolute atomic E-state index is 0.257. The number of methoxy groups -OCH3 is 1. The lowest BCUT2D eigenvalue weighted by Gasteiger charge is -2.33. The molecule has 1 aliphatic heterocycles. The van der Waals surface area contributed by atoms with Crippen molar-refractivity contribution >= 4 is 0 Å². The summed E-state index contributed by atoms with van der Waals surface area (Å²) in [6.45, 7) is 8.78. The molecule has 1 aliphatic rings. The Morgan fingerprint density at radius 3 is 2.58 bits per heavy atom. The maximum Gasteiger partial charge on any atom is 0.161 e. The van der Waals surface area contributed by atoms with Crippen LogP contribution in [0.15, 0.2) is 42.5 Å². The fourth-order valence-corrected chi connectivity index (χ4v) is 3.86. The molecule has 1 fully saturated rings. The number of aryl methyl sites for hydroxylation is 1. The topological polar surface area (TPSA) is 57.2 Å².